The molecule has 1 aromatic rings. The Kier molecular flexibility index (Phi) is 12.7. The number of carboxylic acid groups (broad SMARTS) is 1. The van der Waals surface area contributed by atoms with Gasteiger partial charge in [-0.25, -0.2) is 0 Å². The number of carbonyl (C=O) groups excluding carboxylic acids is 1. The van der Waals surface area contributed by atoms with E-state index in [1.165, 1.54) is 25.3 Å². The molecule has 0 aliphatic carbocycles. The second-order valence-corrected chi connectivity index (χ2v) is 2.58. The molecule has 0 aliphatic heterocycles. The molecule has 7 heteroatoms. The van der Waals surface area contributed by atoms with Gasteiger partial charge in [-0.05, 0) is 23.8 Å². The summed E-state index contributed by atoms with van der Waals surface area (Å²) in [6.07, 6.45) is 2.27. The molecule has 1 rings (SSSR count). The quantitative estimate of drug-likeness (QED) is 0.429. The van der Waals surface area contributed by atoms with E-state index in [1.807, 2.05) is 0 Å². The van der Waals surface area contributed by atoms with Crippen molar-refractivity contribution in [1.29, 1.82) is 0 Å². The molecule has 6 nitrogen and oxygen atoms in total. The minimum Gasteiger partial charge on any atom is -0.545 e. The van der Waals surface area contributed by atoms with Gasteiger partial charge >= 0.3 is 29.6 Å². The molecular formula is C10H13NaO6. The normalized spacial score (nSPS) is 8.53. The van der Waals surface area contributed by atoms with Gasteiger partial charge in [-0.2, -0.15) is 0 Å². The first-order valence-corrected chi connectivity index (χ1v) is 3.89. The average Bonchev–Trinajstić information content (AvgIpc) is 2.16. The Morgan fingerprint density at radius 1 is 1.41 bits per heavy atom. The smallest absolute Gasteiger partial charge is 0.545 e. The maximum absolute atomic E-state index is 10.1. The minimum absolute atomic E-state index is 0. The number of carbonyl (C=O) groups is 1. The van der Waals surface area contributed by atoms with Gasteiger partial charge in [0.2, 0.25) is 0 Å². The van der Waals surface area contributed by atoms with Gasteiger partial charge in [-0.3, -0.25) is 0 Å². The SMILES string of the molecule is COc1cc(/C=C/C(=O)[O-])ccc1O.O.O.[Na+]. The van der Waals surface area contributed by atoms with Crippen LogP contribution >= 0.6 is 0 Å². The third kappa shape index (κ3) is 6.98. The zero-order chi connectivity index (χ0) is 10.6. The van der Waals surface area contributed by atoms with E-state index < -0.39 is 5.97 Å². The number of aliphatic carboxylic acids is 1. The second-order valence-electron chi connectivity index (χ2n) is 2.58. The predicted molar refractivity (Wildman–Crippen MR) is 55.9 cm³/mol. The number of methoxy groups -OCH3 is 1. The Hall–Kier alpha value is -1.05. The first-order valence-electron chi connectivity index (χ1n) is 3.89. The summed E-state index contributed by atoms with van der Waals surface area (Å²) in [4.78, 5) is 10.1. The van der Waals surface area contributed by atoms with Crippen molar-refractivity contribution in [1.82, 2.24) is 0 Å². The maximum Gasteiger partial charge on any atom is 1.00 e. The zero-order valence-electron chi connectivity index (χ0n) is 9.56. The number of phenols is 1. The van der Waals surface area contributed by atoms with Crippen molar-refractivity contribution in [3.63, 3.8) is 0 Å². The number of hydrogen-bond acceptors (Lipinski definition) is 4. The Labute approximate surface area is 120 Å². The predicted octanol–water partition coefficient (Wildman–Crippen LogP) is -4.48. The molecule has 0 aromatic heterocycles. The minimum atomic E-state index is -1.27. The molecule has 17 heavy (non-hydrogen) atoms. The van der Waals surface area contributed by atoms with E-state index in [-0.39, 0.29) is 46.3 Å². The molecule has 0 heterocycles. The molecule has 0 radical (unpaired) electrons. The van der Waals surface area contributed by atoms with Crippen LogP contribution in [0.4, 0.5) is 0 Å². The Morgan fingerprint density at radius 2 is 2.00 bits per heavy atom. The second kappa shape index (κ2) is 10.1. The van der Waals surface area contributed by atoms with Gasteiger partial charge in [-0.1, -0.05) is 12.1 Å². The fourth-order valence-electron chi connectivity index (χ4n) is 0.962. The van der Waals surface area contributed by atoms with E-state index in [2.05, 4.69) is 0 Å². The first kappa shape index (κ1) is 21.3. The molecule has 0 amide bonds. The van der Waals surface area contributed by atoms with Crippen LogP contribution in [0.25, 0.3) is 6.08 Å². The van der Waals surface area contributed by atoms with E-state index in [1.54, 1.807) is 6.07 Å². The zero-order valence-corrected chi connectivity index (χ0v) is 11.6. The van der Waals surface area contributed by atoms with E-state index in [0.29, 0.717) is 11.3 Å². The van der Waals surface area contributed by atoms with Gasteiger partial charge in [0.25, 0.3) is 0 Å². The standard InChI is InChI=1S/C10H10O4.Na.2H2O/c1-14-9-6-7(2-4-8(9)11)3-5-10(12)13;;;/h2-6,11H,1H3,(H,12,13);;2*1H2/q;+1;;/p-1/b5-3+;;;. The summed E-state index contributed by atoms with van der Waals surface area (Å²) in [5, 5.41) is 19.4. The number of hydrogen-bond donors (Lipinski definition) is 1. The molecule has 0 saturated heterocycles. The summed E-state index contributed by atoms with van der Waals surface area (Å²) in [7, 11) is 1.42. The number of carboxylic acids is 1. The van der Waals surface area contributed by atoms with Gasteiger partial charge in [0, 0.05) is 0 Å². The van der Waals surface area contributed by atoms with Crippen LogP contribution in [-0.4, -0.2) is 29.1 Å². The number of phenolic OH excluding ortho intramolecular Hbond substituents is 1. The third-order valence-corrected chi connectivity index (χ3v) is 1.62. The van der Waals surface area contributed by atoms with Crippen molar-refractivity contribution in [2.75, 3.05) is 7.11 Å². The van der Waals surface area contributed by atoms with E-state index >= 15 is 0 Å². The summed E-state index contributed by atoms with van der Waals surface area (Å²) in [5.41, 5.74) is 0.615. The number of aromatic hydroxyl groups is 1. The van der Waals surface area contributed by atoms with Crippen LogP contribution < -0.4 is 39.4 Å². The third-order valence-electron chi connectivity index (χ3n) is 1.62. The molecule has 0 unspecified atom stereocenters. The molecule has 0 atom stereocenters. The largest absolute Gasteiger partial charge is 1.00 e. The van der Waals surface area contributed by atoms with Crippen molar-refractivity contribution in [2.45, 2.75) is 0 Å². The topological polar surface area (TPSA) is 133 Å². The van der Waals surface area contributed by atoms with Gasteiger partial charge in [0.05, 0.1) is 13.1 Å². The molecule has 90 valence electrons. The van der Waals surface area contributed by atoms with Gasteiger partial charge in [0.1, 0.15) is 0 Å². The van der Waals surface area contributed by atoms with Crippen LogP contribution in [-0.2, 0) is 4.79 Å². The van der Waals surface area contributed by atoms with Crippen molar-refractivity contribution in [3.05, 3.63) is 29.8 Å². The maximum atomic E-state index is 10.1. The van der Waals surface area contributed by atoms with Crippen molar-refractivity contribution in [2.24, 2.45) is 0 Å². The molecule has 5 N–H and O–H groups in total. The summed E-state index contributed by atoms with van der Waals surface area (Å²) in [5.74, 6) is -0.958. The van der Waals surface area contributed by atoms with Crippen LogP contribution in [0.15, 0.2) is 24.3 Å². The fraction of sp³-hybridized carbons (Fsp3) is 0.100. The van der Waals surface area contributed by atoms with Crippen LogP contribution in [0.2, 0.25) is 0 Å². The average molecular weight is 252 g/mol. The Morgan fingerprint density at radius 3 is 2.47 bits per heavy atom. The van der Waals surface area contributed by atoms with E-state index in [0.717, 1.165) is 6.08 Å². The van der Waals surface area contributed by atoms with Gasteiger partial charge < -0.3 is 30.7 Å². The van der Waals surface area contributed by atoms with Crippen LogP contribution in [0.1, 0.15) is 5.56 Å². The molecular weight excluding hydrogens is 239 g/mol. The van der Waals surface area contributed by atoms with Gasteiger partial charge in [0.15, 0.2) is 11.5 Å². The molecule has 0 aliphatic rings. The summed E-state index contributed by atoms with van der Waals surface area (Å²) in [6, 6.07) is 4.51. The Balaban J connectivity index is -0.000000653. The van der Waals surface area contributed by atoms with Crippen LogP contribution in [0.3, 0.4) is 0 Å². The van der Waals surface area contributed by atoms with E-state index in [4.69, 9.17) is 4.74 Å². The molecule has 0 saturated carbocycles. The number of ether oxygens (including phenoxy) is 1. The van der Waals surface area contributed by atoms with E-state index in [9.17, 15) is 15.0 Å². The van der Waals surface area contributed by atoms with Crippen LogP contribution in [0.5, 0.6) is 11.5 Å². The van der Waals surface area contributed by atoms with Crippen LogP contribution in [0, 0.1) is 0 Å². The number of rotatable bonds is 3. The summed E-state index contributed by atoms with van der Waals surface area (Å²) >= 11 is 0. The van der Waals surface area contributed by atoms with Crippen molar-refractivity contribution < 1.29 is 60.3 Å². The Bertz CT molecular complexity index is 377. The fourth-order valence-corrected chi connectivity index (χ4v) is 0.962. The molecule has 0 bridgehead atoms. The molecule has 1 aromatic carbocycles. The number of benzene rings is 1. The van der Waals surface area contributed by atoms with Crippen molar-refractivity contribution in [3.8, 4) is 11.5 Å². The summed E-state index contributed by atoms with van der Waals surface area (Å²) < 4.78 is 4.85. The van der Waals surface area contributed by atoms with Crippen molar-refractivity contribution >= 4 is 12.0 Å². The van der Waals surface area contributed by atoms with Gasteiger partial charge in [-0.15, -0.1) is 0 Å². The molecule has 0 fully saturated rings. The molecule has 0 spiro atoms. The summed E-state index contributed by atoms with van der Waals surface area (Å²) in [6.45, 7) is 0. The monoisotopic (exact) mass is 252 g/mol. The first-order chi connectivity index (χ1) is 6.63.